The molecule has 1 heterocycles. The molecule has 0 saturated carbocycles. The molecule has 0 fully saturated rings. The van der Waals surface area contributed by atoms with Crippen molar-refractivity contribution in [2.45, 2.75) is 24.5 Å². The van der Waals surface area contributed by atoms with Gasteiger partial charge >= 0.3 is 0 Å². The molecule has 0 aliphatic heterocycles. The van der Waals surface area contributed by atoms with E-state index in [0.29, 0.717) is 9.90 Å². The highest BCUT2D eigenvalue weighted by Gasteiger charge is 2.17. The van der Waals surface area contributed by atoms with Crippen LogP contribution in [0.15, 0.2) is 39.0 Å². The number of rotatable bonds is 4. The minimum Gasteiger partial charge on any atom is -0.279 e. The first-order valence-corrected chi connectivity index (χ1v) is 8.89. The minimum atomic E-state index is -3.48. The van der Waals surface area contributed by atoms with E-state index < -0.39 is 10.0 Å². The van der Waals surface area contributed by atoms with E-state index in [9.17, 15) is 8.42 Å². The van der Waals surface area contributed by atoms with Crippen LogP contribution in [0.2, 0.25) is 0 Å². The third kappa shape index (κ3) is 3.38. The van der Waals surface area contributed by atoms with Gasteiger partial charge in [-0.05, 0) is 49.2 Å². The predicted octanol–water partition coefficient (Wildman–Crippen LogP) is 4.18. The van der Waals surface area contributed by atoms with E-state index in [-0.39, 0.29) is 0 Å². The average molecular weight is 360 g/mol. The number of thiophene rings is 1. The highest BCUT2D eigenvalue weighted by molar-refractivity contribution is 9.10. The second kappa shape index (κ2) is 5.64. The van der Waals surface area contributed by atoms with Gasteiger partial charge in [0.1, 0.15) is 4.21 Å². The van der Waals surface area contributed by atoms with Crippen LogP contribution in [-0.4, -0.2) is 8.42 Å². The number of aryl methyl sites for hydroxylation is 2. The summed E-state index contributed by atoms with van der Waals surface area (Å²) in [5.41, 5.74) is 1.49. The van der Waals surface area contributed by atoms with Crippen molar-refractivity contribution in [1.29, 1.82) is 0 Å². The summed E-state index contributed by atoms with van der Waals surface area (Å²) >= 11 is 4.67. The van der Waals surface area contributed by atoms with Crippen LogP contribution in [0.25, 0.3) is 0 Å². The number of hydrogen-bond acceptors (Lipinski definition) is 3. The molecular weight excluding hydrogens is 346 g/mol. The number of hydrogen-bond donors (Lipinski definition) is 1. The molecule has 0 saturated heterocycles. The largest absolute Gasteiger partial charge is 0.279 e. The van der Waals surface area contributed by atoms with Crippen molar-refractivity contribution in [3.05, 3.63) is 45.2 Å². The first-order chi connectivity index (χ1) is 8.92. The molecule has 0 radical (unpaired) electrons. The highest BCUT2D eigenvalue weighted by Crippen LogP contribution is 2.26. The molecule has 2 aromatic rings. The third-order valence-electron chi connectivity index (χ3n) is 2.68. The fraction of sp³-hybridized carbons (Fsp3) is 0.231. The third-order valence-corrected chi connectivity index (χ3v) is 6.26. The molecular formula is C13H14BrNO2S2. The summed E-state index contributed by atoms with van der Waals surface area (Å²) in [6.07, 6.45) is 0.845. The van der Waals surface area contributed by atoms with Gasteiger partial charge in [-0.25, -0.2) is 8.42 Å². The Labute approximate surface area is 125 Å². The van der Waals surface area contributed by atoms with E-state index in [2.05, 4.69) is 20.7 Å². The van der Waals surface area contributed by atoms with Crippen LogP contribution in [0, 0.1) is 6.92 Å². The lowest BCUT2D eigenvalue weighted by atomic mass is 10.2. The number of halogens is 1. The van der Waals surface area contributed by atoms with Crippen molar-refractivity contribution in [1.82, 2.24) is 0 Å². The Morgan fingerprint density at radius 2 is 2.00 bits per heavy atom. The molecule has 102 valence electrons. The maximum absolute atomic E-state index is 12.3. The van der Waals surface area contributed by atoms with Crippen molar-refractivity contribution < 1.29 is 8.42 Å². The zero-order valence-electron chi connectivity index (χ0n) is 10.6. The molecule has 0 amide bonds. The van der Waals surface area contributed by atoms with Gasteiger partial charge in [-0.1, -0.05) is 22.9 Å². The van der Waals surface area contributed by atoms with Crippen LogP contribution in [-0.2, 0) is 16.4 Å². The summed E-state index contributed by atoms with van der Waals surface area (Å²) < 4.78 is 28.4. The normalized spacial score (nSPS) is 11.5. The SMILES string of the molecule is CCc1ccc(S(=O)(=O)Nc2ccc(Br)cc2C)s1. The van der Waals surface area contributed by atoms with Gasteiger partial charge in [0, 0.05) is 9.35 Å². The molecule has 0 aliphatic carbocycles. The maximum atomic E-state index is 12.3. The Balaban J connectivity index is 2.30. The lowest BCUT2D eigenvalue weighted by Crippen LogP contribution is -2.12. The van der Waals surface area contributed by atoms with Crippen LogP contribution in [0.3, 0.4) is 0 Å². The maximum Gasteiger partial charge on any atom is 0.271 e. The Bertz CT molecular complexity index is 692. The number of benzene rings is 1. The molecule has 0 spiro atoms. The van der Waals surface area contributed by atoms with Gasteiger partial charge in [-0.15, -0.1) is 11.3 Å². The summed E-state index contributed by atoms with van der Waals surface area (Å²) in [7, 11) is -3.48. The smallest absolute Gasteiger partial charge is 0.271 e. The molecule has 0 aliphatic rings. The second-order valence-corrected chi connectivity index (χ2v) is 8.13. The van der Waals surface area contributed by atoms with E-state index >= 15 is 0 Å². The molecule has 3 nitrogen and oxygen atoms in total. The van der Waals surface area contributed by atoms with Crippen molar-refractivity contribution in [2.75, 3.05) is 4.72 Å². The van der Waals surface area contributed by atoms with Gasteiger partial charge in [0.05, 0.1) is 5.69 Å². The van der Waals surface area contributed by atoms with Crippen LogP contribution >= 0.6 is 27.3 Å². The van der Waals surface area contributed by atoms with Crippen LogP contribution in [0.4, 0.5) is 5.69 Å². The topological polar surface area (TPSA) is 46.2 Å². The summed E-state index contributed by atoms with van der Waals surface area (Å²) in [5.74, 6) is 0. The van der Waals surface area contributed by atoms with Gasteiger partial charge in [0.15, 0.2) is 0 Å². The zero-order valence-corrected chi connectivity index (χ0v) is 13.8. The lowest BCUT2D eigenvalue weighted by Gasteiger charge is -2.09. The molecule has 0 bridgehead atoms. The molecule has 1 aromatic carbocycles. The van der Waals surface area contributed by atoms with E-state index in [1.165, 1.54) is 11.3 Å². The fourth-order valence-electron chi connectivity index (χ4n) is 1.63. The molecule has 0 atom stereocenters. The number of sulfonamides is 1. The molecule has 19 heavy (non-hydrogen) atoms. The van der Waals surface area contributed by atoms with Crippen LogP contribution in [0.5, 0.6) is 0 Å². The van der Waals surface area contributed by atoms with Crippen molar-refractivity contribution in [2.24, 2.45) is 0 Å². The second-order valence-electron chi connectivity index (χ2n) is 4.14. The molecule has 2 rings (SSSR count). The lowest BCUT2D eigenvalue weighted by molar-refractivity contribution is 0.603. The standard InChI is InChI=1S/C13H14BrNO2S2/c1-3-11-5-7-13(18-11)19(16,17)15-12-6-4-10(14)8-9(12)2/h4-8,15H,3H2,1-2H3. The van der Waals surface area contributed by atoms with Crippen LogP contribution in [0.1, 0.15) is 17.4 Å². The van der Waals surface area contributed by atoms with Gasteiger partial charge < -0.3 is 0 Å². The van der Waals surface area contributed by atoms with Crippen molar-refractivity contribution in [3.8, 4) is 0 Å². The Kier molecular flexibility index (Phi) is 4.32. The first kappa shape index (κ1) is 14.6. The molecule has 1 N–H and O–H groups in total. The molecule has 6 heteroatoms. The van der Waals surface area contributed by atoms with Gasteiger partial charge in [0.2, 0.25) is 0 Å². The minimum absolute atomic E-state index is 0.353. The summed E-state index contributed by atoms with van der Waals surface area (Å²) in [6.45, 7) is 3.88. The monoisotopic (exact) mass is 359 g/mol. The van der Waals surface area contributed by atoms with E-state index in [1.54, 1.807) is 12.1 Å². The average Bonchev–Trinajstić information content (AvgIpc) is 2.82. The summed E-state index contributed by atoms with van der Waals surface area (Å²) in [6, 6.07) is 8.96. The zero-order chi connectivity index (χ0) is 14.0. The van der Waals surface area contributed by atoms with Crippen molar-refractivity contribution in [3.63, 3.8) is 0 Å². The Morgan fingerprint density at radius 1 is 1.26 bits per heavy atom. The Hall–Kier alpha value is -0.850. The fourth-order valence-corrected chi connectivity index (χ4v) is 4.53. The van der Waals surface area contributed by atoms with Crippen LogP contribution < -0.4 is 4.72 Å². The van der Waals surface area contributed by atoms with Gasteiger partial charge in [0.25, 0.3) is 10.0 Å². The highest BCUT2D eigenvalue weighted by atomic mass is 79.9. The van der Waals surface area contributed by atoms with Gasteiger partial charge in [-0.3, -0.25) is 4.72 Å². The summed E-state index contributed by atoms with van der Waals surface area (Å²) in [5, 5.41) is 0. The van der Waals surface area contributed by atoms with E-state index in [0.717, 1.165) is 21.3 Å². The predicted molar refractivity (Wildman–Crippen MR) is 83.4 cm³/mol. The van der Waals surface area contributed by atoms with Crippen molar-refractivity contribution >= 4 is 43.0 Å². The molecule has 0 unspecified atom stereocenters. The Morgan fingerprint density at radius 3 is 2.58 bits per heavy atom. The first-order valence-electron chi connectivity index (χ1n) is 5.80. The molecule has 1 aromatic heterocycles. The van der Waals surface area contributed by atoms with Gasteiger partial charge in [-0.2, -0.15) is 0 Å². The quantitative estimate of drug-likeness (QED) is 0.889. The van der Waals surface area contributed by atoms with E-state index in [4.69, 9.17) is 0 Å². The number of nitrogens with one attached hydrogen (secondary N) is 1. The number of anilines is 1. The van der Waals surface area contributed by atoms with E-state index in [1.807, 2.05) is 32.0 Å². The summed E-state index contributed by atoms with van der Waals surface area (Å²) in [4.78, 5) is 1.06.